The van der Waals surface area contributed by atoms with Crippen molar-refractivity contribution < 1.29 is 9.53 Å². The van der Waals surface area contributed by atoms with Crippen LogP contribution in [0.25, 0.3) is 0 Å². The van der Waals surface area contributed by atoms with Gasteiger partial charge in [0.25, 0.3) is 11.1 Å². The van der Waals surface area contributed by atoms with E-state index in [0.717, 1.165) is 54.1 Å². The Labute approximate surface area is 163 Å². The van der Waals surface area contributed by atoms with Crippen LogP contribution in [0.3, 0.4) is 0 Å². The molecule has 1 aromatic heterocycles. The van der Waals surface area contributed by atoms with Crippen LogP contribution in [0.5, 0.6) is 5.75 Å². The Hall–Kier alpha value is -2.87. The lowest BCUT2D eigenvalue weighted by Gasteiger charge is -2.35. The third-order valence-corrected chi connectivity index (χ3v) is 5.01. The van der Waals surface area contributed by atoms with Crippen LogP contribution in [-0.2, 0) is 11.3 Å². The Morgan fingerprint density at radius 1 is 1.11 bits per heavy atom. The van der Waals surface area contributed by atoms with Crippen LogP contribution < -0.4 is 21.2 Å². The van der Waals surface area contributed by atoms with Gasteiger partial charge in [-0.3, -0.25) is 24.4 Å². The molecule has 0 radical (unpaired) electrons. The van der Waals surface area contributed by atoms with Crippen LogP contribution in [-0.4, -0.2) is 47.3 Å². The van der Waals surface area contributed by atoms with Gasteiger partial charge < -0.3 is 10.1 Å². The summed E-state index contributed by atoms with van der Waals surface area (Å²) in [5.41, 5.74) is 0.266. The average molecular weight is 386 g/mol. The van der Waals surface area contributed by atoms with E-state index in [1.807, 2.05) is 24.3 Å². The van der Waals surface area contributed by atoms with Crippen molar-refractivity contribution in [3.63, 3.8) is 0 Å². The minimum atomic E-state index is -0.420. The zero-order valence-electron chi connectivity index (χ0n) is 16.0. The number of ether oxygens (including phenoxy) is 1. The molecule has 8 heteroatoms. The molecule has 1 aliphatic rings. The van der Waals surface area contributed by atoms with Crippen LogP contribution in [0.2, 0.25) is 0 Å². The summed E-state index contributed by atoms with van der Waals surface area (Å²) >= 11 is 0. The molecular weight excluding hydrogens is 360 g/mol. The zero-order valence-corrected chi connectivity index (χ0v) is 16.0. The van der Waals surface area contributed by atoms with Crippen LogP contribution in [0.4, 0.5) is 0 Å². The summed E-state index contributed by atoms with van der Waals surface area (Å²) in [6.45, 7) is 2.18. The second-order valence-electron chi connectivity index (χ2n) is 6.92. The number of piperidine rings is 1. The Bertz CT molecular complexity index is 897. The maximum absolute atomic E-state index is 12.4. The first kappa shape index (κ1) is 19.9. The molecule has 0 spiro atoms. The van der Waals surface area contributed by atoms with Crippen molar-refractivity contribution in [2.24, 2.45) is 0 Å². The molecule has 150 valence electrons. The largest absolute Gasteiger partial charge is 0.497 e. The summed E-state index contributed by atoms with van der Waals surface area (Å²) in [6, 6.07) is 10.2. The highest BCUT2D eigenvalue weighted by atomic mass is 16.5. The number of nitrogens with zero attached hydrogens (tertiary/aromatic N) is 2. The number of H-pyrrole nitrogens is 1. The fourth-order valence-corrected chi connectivity index (χ4v) is 3.50. The lowest BCUT2D eigenvalue weighted by Crippen LogP contribution is -2.42. The summed E-state index contributed by atoms with van der Waals surface area (Å²) in [4.78, 5) is 37.9. The highest BCUT2D eigenvalue weighted by molar-refractivity contribution is 5.75. The number of benzene rings is 1. The second kappa shape index (κ2) is 9.36. The maximum Gasteiger partial charge on any atom is 0.265 e. The Morgan fingerprint density at radius 2 is 1.82 bits per heavy atom. The van der Waals surface area contributed by atoms with Gasteiger partial charge in [-0.2, -0.15) is 0 Å². The fourth-order valence-electron chi connectivity index (χ4n) is 3.50. The molecule has 3 rings (SSSR count). The number of amides is 1. The van der Waals surface area contributed by atoms with Crippen molar-refractivity contribution in [3.05, 3.63) is 62.7 Å². The van der Waals surface area contributed by atoms with Gasteiger partial charge in [-0.15, -0.1) is 0 Å². The third kappa shape index (κ3) is 5.10. The molecule has 1 atom stereocenters. The van der Waals surface area contributed by atoms with Crippen molar-refractivity contribution in [3.8, 4) is 5.75 Å². The minimum absolute atomic E-state index is 0.0432. The second-order valence-corrected chi connectivity index (χ2v) is 6.92. The molecule has 1 aromatic carbocycles. The molecule has 28 heavy (non-hydrogen) atoms. The monoisotopic (exact) mass is 386 g/mol. The topological polar surface area (TPSA) is 96.4 Å². The highest BCUT2D eigenvalue weighted by Crippen LogP contribution is 2.25. The summed E-state index contributed by atoms with van der Waals surface area (Å²) in [5, 5.41) is 5.27. The quantitative estimate of drug-likeness (QED) is 0.737. The first-order valence-corrected chi connectivity index (χ1v) is 9.51. The van der Waals surface area contributed by atoms with E-state index in [1.165, 1.54) is 6.42 Å². The average Bonchev–Trinajstić information content (AvgIpc) is 2.72. The summed E-state index contributed by atoms with van der Waals surface area (Å²) in [5.74, 6) is 0.469. The number of aromatic nitrogens is 2. The molecule has 1 saturated heterocycles. The van der Waals surface area contributed by atoms with Crippen molar-refractivity contribution in [2.45, 2.75) is 31.8 Å². The molecule has 0 bridgehead atoms. The number of hydrogen-bond donors (Lipinski definition) is 2. The van der Waals surface area contributed by atoms with E-state index in [0.29, 0.717) is 6.54 Å². The standard InChI is InChI=1S/C20H26N4O4/c1-28-16-7-5-15(6-8-16)17(23-11-3-2-4-12-23)13-21-19(26)14-24-20(27)10-9-18(25)22-24/h5-10,17H,2-4,11-14H2,1H3,(H,21,26)(H,22,25)/t17-/m1/s1. The molecule has 1 fully saturated rings. The molecule has 2 N–H and O–H groups in total. The number of carbonyl (C=O) groups excluding carboxylic acids is 1. The van der Waals surface area contributed by atoms with Gasteiger partial charge in [0.1, 0.15) is 12.3 Å². The Kier molecular flexibility index (Phi) is 6.65. The predicted molar refractivity (Wildman–Crippen MR) is 105 cm³/mol. The number of nitrogens with one attached hydrogen (secondary N) is 2. The molecule has 2 aromatic rings. The van der Waals surface area contributed by atoms with Crippen LogP contribution in [0.1, 0.15) is 30.9 Å². The SMILES string of the molecule is COc1ccc([C@@H](CNC(=O)Cn2[nH]c(=O)ccc2=O)N2CCCCC2)cc1. The number of methoxy groups -OCH3 is 1. The van der Waals surface area contributed by atoms with E-state index in [4.69, 9.17) is 4.74 Å². The van der Waals surface area contributed by atoms with Gasteiger partial charge in [0.05, 0.1) is 13.2 Å². The minimum Gasteiger partial charge on any atom is -0.497 e. The van der Waals surface area contributed by atoms with Crippen molar-refractivity contribution in [1.29, 1.82) is 0 Å². The van der Waals surface area contributed by atoms with Crippen molar-refractivity contribution >= 4 is 5.91 Å². The first-order valence-electron chi connectivity index (χ1n) is 9.51. The normalized spacial score (nSPS) is 15.8. The lowest BCUT2D eigenvalue weighted by atomic mass is 10.0. The van der Waals surface area contributed by atoms with E-state index in [2.05, 4.69) is 15.3 Å². The van der Waals surface area contributed by atoms with Gasteiger partial charge in [-0.25, -0.2) is 4.68 Å². The van der Waals surface area contributed by atoms with E-state index in [-0.39, 0.29) is 18.5 Å². The number of carbonyl (C=O) groups is 1. The van der Waals surface area contributed by atoms with E-state index in [1.54, 1.807) is 7.11 Å². The Morgan fingerprint density at radius 3 is 2.50 bits per heavy atom. The molecule has 1 amide bonds. The summed E-state index contributed by atoms with van der Waals surface area (Å²) < 4.78 is 6.25. The van der Waals surface area contributed by atoms with Gasteiger partial charge >= 0.3 is 0 Å². The highest BCUT2D eigenvalue weighted by Gasteiger charge is 2.23. The molecule has 0 saturated carbocycles. The molecule has 2 heterocycles. The van der Waals surface area contributed by atoms with Crippen molar-refractivity contribution in [2.75, 3.05) is 26.7 Å². The molecule has 0 aliphatic carbocycles. The van der Waals surface area contributed by atoms with E-state index in [9.17, 15) is 14.4 Å². The smallest absolute Gasteiger partial charge is 0.265 e. The van der Waals surface area contributed by atoms with Gasteiger partial charge in [0.15, 0.2) is 0 Å². The number of hydrogen-bond acceptors (Lipinski definition) is 5. The van der Waals surface area contributed by atoms with Crippen LogP contribution >= 0.6 is 0 Å². The van der Waals surface area contributed by atoms with Crippen LogP contribution in [0, 0.1) is 0 Å². The van der Waals surface area contributed by atoms with Gasteiger partial charge in [-0.1, -0.05) is 18.6 Å². The maximum atomic E-state index is 12.4. The first-order chi connectivity index (χ1) is 13.6. The molecule has 8 nitrogen and oxygen atoms in total. The molecular formula is C20H26N4O4. The predicted octanol–water partition coefficient (Wildman–Crippen LogP) is 0.889. The lowest BCUT2D eigenvalue weighted by molar-refractivity contribution is -0.122. The summed E-state index contributed by atoms with van der Waals surface area (Å²) in [6.07, 6.45) is 3.50. The molecule has 1 aliphatic heterocycles. The number of likely N-dealkylation sites (tertiary alicyclic amines) is 1. The zero-order chi connectivity index (χ0) is 19.9. The van der Waals surface area contributed by atoms with Gasteiger partial charge in [0.2, 0.25) is 5.91 Å². The third-order valence-electron chi connectivity index (χ3n) is 5.01. The number of aromatic amines is 1. The van der Waals surface area contributed by atoms with Crippen LogP contribution in [0.15, 0.2) is 46.0 Å². The van der Waals surface area contributed by atoms with E-state index < -0.39 is 11.1 Å². The van der Waals surface area contributed by atoms with Gasteiger partial charge in [-0.05, 0) is 43.6 Å². The van der Waals surface area contributed by atoms with Gasteiger partial charge in [0, 0.05) is 18.7 Å². The number of rotatable bonds is 7. The fraction of sp³-hybridized carbons (Fsp3) is 0.450. The van der Waals surface area contributed by atoms with E-state index >= 15 is 0 Å². The molecule has 0 unspecified atom stereocenters. The van der Waals surface area contributed by atoms with Crippen molar-refractivity contribution in [1.82, 2.24) is 20.0 Å². The summed E-state index contributed by atoms with van der Waals surface area (Å²) in [7, 11) is 1.63. The Balaban J connectivity index is 1.69.